The molecule has 2 aromatic rings. The van der Waals surface area contributed by atoms with Crippen molar-refractivity contribution in [1.29, 1.82) is 0 Å². The maximum absolute atomic E-state index is 9.38. The van der Waals surface area contributed by atoms with Crippen LogP contribution in [0.2, 0.25) is 0 Å². The number of benzene rings is 1. The van der Waals surface area contributed by atoms with Crippen molar-refractivity contribution >= 4 is 0 Å². The van der Waals surface area contributed by atoms with Crippen LogP contribution in [0.25, 0.3) is 11.5 Å². The SMILES string of the molecule is COCCOCCc1noc(-c2ccc(O)cc2C)n1. The Morgan fingerprint density at radius 2 is 2.10 bits per heavy atom. The second-order valence-electron chi connectivity index (χ2n) is 4.37. The summed E-state index contributed by atoms with van der Waals surface area (Å²) in [5, 5.41) is 13.3. The Labute approximate surface area is 117 Å². The minimum absolute atomic E-state index is 0.220. The van der Waals surface area contributed by atoms with Gasteiger partial charge in [-0.25, -0.2) is 0 Å². The molecular weight excluding hydrogens is 260 g/mol. The third-order valence-corrected chi connectivity index (χ3v) is 2.81. The maximum Gasteiger partial charge on any atom is 0.258 e. The van der Waals surface area contributed by atoms with Gasteiger partial charge in [-0.3, -0.25) is 0 Å². The zero-order valence-corrected chi connectivity index (χ0v) is 11.6. The summed E-state index contributed by atoms with van der Waals surface area (Å²) >= 11 is 0. The molecule has 0 saturated carbocycles. The number of phenolic OH excluding ortho intramolecular Hbond substituents is 1. The average Bonchev–Trinajstić information content (AvgIpc) is 2.87. The molecule has 1 N–H and O–H groups in total. The fraction of sp³-hybridized carbons (Fsp3) is 0.429. The van der Waals surface area contributed by atoms with Crippen LogP contribution in [0.4, 0.5) is 0 Å². The minimum Gasteiger partial charge on any atom is -0.508 e. The first kappa shape index (κ1) is 14.5. The van der Waals surface area contributed by atoms with Crippen molar-refractivity contribution in [2.45, 2.75) is 13.3 Å². The first-order valence-electron chi connectivity index (χ1n) is 6.40. The number of ether oxygens (including phenoxy) is 2. The van der Waals surface area contributed by atoms with Gasteiger partial charge in [-0.1, -0.05) is 5.16 Å². The minimum atomic E-state index is 0.220. The molecule has 0 saturated heterocycles. The van der Waals surface area contributed by atoms with E-state index in [0.29, 0.717) is 38.0 Å². The van der Waals surface area contributed by atoms with Gasteiger partial charge >= 0.3 is 0 Å². The Kier molecular flexibility index (Phi) is 5.09. The van der Waals surface area contributed by atoms with Gasteiger partial charge in [-0.2, -0.15) is 4.98 Å². The van der Waals surface area contributed by atoms with Crippen LogP contribution < -0.4 is 0 Å². The number of phenols is 1. The van der Waals surface area contributed by atoms with Crippen molar-refractivity contribution in [3.05, 3.63) is 29.6 Å². The number of aromatic hydroxyl groups is 1. The normalized spacial score (nSPS) is 10.9. The van der Waals surface area contributed by atoms with E-state index in [1.165, 1.54) is 0 Å². The van der Waals surface area contributed by atoms with E-state index in [4.69, 9.17) is 14.0 Å². The van der Waals surface area contributed by atoms with Gasteiger partial charge in [0.05, 0.1) is 19.8 Å². The number of hydrogen-bond donors (Lipinski definition) is 1. The molecule has 108 valence electrons. The van der Waals surface area contributed by atoms with Crippen LogP contribution in [-0.4, -0.2) is 42.2 Å². The smallest absolute Gasteiger partial charge is 0.258 e. The number of aryl methyl sites for hydroxylation is 1. The molecule has 0 aliphatic heterocycles. The van der Waals surface area contributed by atoms with E-state index < -0.39 is 0 Å². The third-order valence-electron chi connectivity index (χ3n) is 2.81. The van der Waals surface area contributed by atoms with E-state index in [0.717, 1.165) is 11.1 Å². The van der Waals surface area contributed by atoms with Crippen LogP contribution in [-0.2, 0) is 15.9 Å². The summed E-state index contributed by atoms with van der Waals surface area (Å²) in [7, 11) is 1.63. The molecule has 1 aromatic heterocycles. The number of hydrogen-bond acceptors (Lipinski definition) is 6. The molecule has 0 unspecified atom stereocenters. The molecule has 0 bridgehead atoms. The molecule has 0 atom stereocenters. The summed E-state index contributed by atoms with van der Waals surface area (Å²) in [5.41, 5.74) is 1.71. The fourth-order valence-electron chi connectivity index (χ4n) is 1.76. The lowest BCUT2D eigenvalue weighted by molar-refractivity contribution is 0.0714. The first-order valence-corrected chi connectivity index (χ1v) is 6.40. The van der Waals surface area contributed by atoms with E-state index in [1.807, 2.05) is 6.92 Å². The summed E-state index contributed by atoms with van der Waals surface area (Å²) in [6.07, 6.45) is 0.588. The predicted octanol–water partition coefficient (Wildman–Crippen LogP) is 1.96. The van der Waals surface area contributed by atoms with Crippen molar-refractivity contribution in [3.63, 3.8) is 0 Å². The highest BCUT2D eigenvalue weighted by molar-refractivity contribution is 5.59. The highest BCUT2D eigenvalue weighted by Gasteiger charge is 2.11. The monoisotopic (exact) mass is 278 g/mol. The predicted molar refractivity (Wildman–Crippen MR) is 72.5 cm³/mol. The Morgan fingerprint density at radius 1 is 1.25 bits per heavy atom. The summed E-state index contributed by atoms with van der Waals surface area (Å²) in [6.45, 7) is 3.53. The Bertz CT molecular complexity index is 554. The summed E-state index contributed by atoms with van der Waals surface area (Å²) in [4.78, 5) is 4.32. The highest BCUT2D eigenvalue weighted by atomic mass is 16.5. The molecule has 0 amide bonds. The molecule has 0 fully saturated rings. The molecule has 1 heterocycles. The van der Waals surface area contributed by atoms with Gasteiger partial charge in [0.2, 0.25) is 0 Å². The molecule has 20 heavy (non-hydrogen) atoms. The third kappa shape index (κ3) is 3.79. The second-order valence-corrected chi connectivity index (χ2v) is 4.37. The largest absolute Gasteiger partial charge is 0.508 e. The number of rotatable bonds is 7. The van der Waals surface area contributed by atoms with Gasteiger partial charge in [0, 0.05) is 19.1 Å². The van der Waals surface area contributed by atoms with Crippen molar-refractivity contribution in [2.24, 2.45) is 0 Å². The molecule has 1 aromatic carbocycles. The van der Waals surface area contributed by atoms with E-state index in [2.05, 4.69) is 10.1 Å². The number of aromatic nitrogens is 2. The van der Waals surface area contributed by atoms with Crippen LogP contribution in [0.3, 0.4) is 0 Å². The van der Waals surface area contributed by atoms with E-state index in [1.54, 1.807) is 25.3 Å². The molecular formula is C14H18N2O4. The summed E-state index contributed by atoms with van der Waals surface area (Å²) in [6, 6.07) is 5.02. The van der Waals surface area contributed by atoms with Crippen LogP contribution in [0.15, 0.2) is 22.7 Å². The number of nitrogens with zero attached hydrogens (tertiary/aromatic N) is 2. The lowest BCUT2D eigenvalue weighted by Gasteiger charge is -2.01. The topological polar surface area (TPSA) is 77.6 Å². The van der Waals surface area contributed by atoms with Crippen molar-refractivity contribution in [2.75, 3.05) is 26.9 Å². The highest BCUT2D eigenvalue weighted by Crippen LogP contribution is 2.24. The van der Waals surface area contributed by atoms with Gasteiger partial charge in [-0.15, -0.1) is 0 Å². The fourth-order valence-corrected chi connectivity index (χ4v) is 1.76. The van der Waals surface area contributed by atoms with Crippen LogP contribution in [0.1, 0.15) is 11.4 Å². The Balaban J connectivity index is 1.95. The molecule has 0 radical (unpaired) electrons. The average molecular weight is 278 g/mol. The van der Waals surface area contributed by atoms with Crippen LogP contribution in [0, 0.1) is 6.92 Å². The van der Waals surface area contributed by atoms with Gasteiger partial charge in [-0.05, 0) is 30.7 Å². The Morgan fingerprint density at radius 3 is 2.85 bits per heavy atom. The molecule has 0 aliphatic rings. The van der Waals surface area contributed by atoms with E-state index in [-0.39, 0.29) is 5.75 Å². The van der Waals surface area contributed by atoms with E-state index in [9.17, 15) is 5.11 Å². The zero-order chi connectivity index (χ0) is 14.4. The van der Waals surface area contributed by atoms with Crippen molar-refractivity contribution in [3.8, 4) is 17.2 Å². The van der Waals surface area contributed by atoms with Gasteiger partial charge < -0.3 is 19.1 Å². The summed E-state index contributed by atoms with van der Waals surface area (Å²) in [5.74, 6) is 1.27. The maximum atomic E-state index is 9.38. The lowest BCUT2D eigenvalue weighted by atomic mass is 10.1. The quantitative estimate of drug-likeness (QED) is 0.780. The van der Waals surface area contributed by atoms with Crippen molar-refractivity contribution in [1.82, 2.24) is 10.1 Å². The molecule has 6 nitrogen and oxygen atoms in total. The van der Waals surface area contributed by atoms with Crippen LogP contribution >= 0.6 is 0 Å². The lowest BCUT2D eigenvalue weighted by Crippen LogP contribution is -2.05. The van der Waals surface area contributed by atoms with Gasteiger partial charge in [0.1, 0.15) is 5.75 Å². The van der Waals surface area contributed by atoms with Gasteiger partial charge in [0.15, 0.2) is 5.82 Å². The number of methoxy groups -OCH3 is 1. The zero-order valence-electron chi connectivity index (χ0n) is 11.6. The molecule has 0 aliphatic carbocycles. The molecule has 0 spiro atoms. The summed E-state index contributed by atoms with van der Waals surface area (Å²) < 4.78 is 15.5. The van der Waals surface area contributed by atoms with Gasteiger partial charge in [0.25, 0.3) is 5.89 Å². The second kappa shape index (κ2) is 7.02. The molecule has 6 heteroatoms. The molecule has 2 rings (SSSR count). The Hall–Kier alpha value is -1.92. The first-order chi connectivity index (χ1) is 9.70. The van der Waals surface area contributed by atoms with Crippen LogP contribution in [0.5, 0.6) is 5.75 Å². The standard InChI is InChI=1S/C14H18N2O4/c1-10-9-11(17)3-4-12(10)14-15-13(16-20-14)5-6-19-8-7-18-2/h3-4,9,17H,5-8H2,1-2H3. The van der Waals surface area contributed by atoms with Crippen molar-refractivity contribution < 1.29 is 19.1 Å². The van der Waals surface area contributed by atoms with E-state index >= 15 is 0 Å².